The Hall–Kier alpha value is 0.949. The van der Waals surface area contributed by atoms with Crippen LogP contribution in [-0.4, -0.2) is 24.7 Å². The van der Waals surface area contributed by atoms with Crippen molar-refractivity contribution in [2.75, 3.05) is 13.6 Å². The second-order valence-corrected chi connectivity index (χ2v) is 0.924. The summed E-state index contributed by atoms with van der Waals surface area (Å²) in [5.74, 6) is -0.822. The SMILES string of the molecule is CNCC(=O)O.[Fe].[H-].[Na+]. The molecule has 8 heavy (non-hydrogen) atoms. The van der Waals surface area contributed by atoms with E-state index in [0.717, 1.165) is 0 Å². The third kappa shape index (κ3) is 15.8. The molecule has 0 unspecified atom stereocenters. The quantitative estimate of drug-likeness (QED) is 0.420. The van der Waals surface area contributed by atoms with Gasteiger partial charge in [0, 0.05) is 17.1 Å². The first-order chi connectivity index (χ1) is 2.77. The molecule has 2 N–H and O–H groups in total. The van der Waals surface area contributed by atoms with Crippen molar-refractivity contribution in [1.29, 1.82) is 0 Å². The van der Waals surface area contributed by atoms with Crippen LogP contribution in [0.1, 0.15) is 1.43 Å². The van der Waals surface area contributed by atoms with Crippen LogP contribution in [0.25, 0.3) is 0 Å². The van der Waals surface area contributed by atoms with Crippen LogP contribution in [0, 0.1) is 0 Å². The maximum absolute atomic E-state index is 9.54. The van der Waals surface area contributed by atoms with E-state index in [0.29, 0.717) is 0 Å². The van der Waals surface area contributed by atoms with E-state index in [1.165, 1.54) is 0 Å². The standard InChI is InChI=1S/C3H7NO2.Fe.Na.H/c1-4-2-3(5)6;;;/h4H,2H2,1H3,(H,5,6);;;/q;;+1;-1. The fraction of sp³-hybridized carbons (Fsp3) is 0.667. The third-order valence-electron chi connectivity index (χ3n) is 0.328. The van der Waals surface area contributed by atoms with E-state index in [2.05, 4.69) is 5.32 Å². The van der Waals surface area contributed by atoms with E-state index < -0.39 is 5.97 Å². The van der Waals surface area contributed by atoms with Gasteiger partial charge in [-0.15, -0.1) is 0 Å². The molecule has 0 atom stereocenters. The molecule has 0 radical (unpaired) electrons. The second-order valence-electron chi connectivity index (χ2n) is 0.924. The van der Waals surface area contributed by atoms with Crippen LogP contribution >= 0.6 is 0 Å². The Morgan fingerprint density at radius 3 is 2.25 bits per heavy atom. The van der Waals surface area contributed by atoms with E-state index in [9.17, 15) is 4.79 Å². The number of carboxylic acid groups (broad SMARTS) is 1. The fourth-order valence-electron chi connectivity index (χ4n) is 0.151. The Balaban J connectivity index is -0.0000000417. The zero-order valence-corrected chi connectivity index (χ0v) is 8.02. The summed E-state index contributed by atoms with van der Waals surface area (Å²) in [7, 11) is 1.59. The molecule has 0 aliphatic heterocycles. The Labute approximate surface area is 82.5 Å². The Morgan fingerprint density at radius 1 is 1.88 bits per heavy atom. The van der Waals surface area contributed by atoms with Gasteiger partial charge in [0.15, 0.2) is 0 Å². The number of nitrogens with one attached hydrogen (secondary N) is 1. The van der Waals surface area contributed by atoms with Crippen molar-refractivity contribution in [2.24, 2.45) is 0 Å². The topological polar surface area (TPSA) is 49.3 Å². The van der Waals surface area contributed by atoms with Gasteiger partial charge in [-0.25, -0.2) is 0 Å². The van der Waals surface area contributed by atoms with Crippen LogP contribution in [0.3, 0.4) is 0 Å². The number of aliphatic carboxylic acids is 1. The molecule has 0 saturated heterocycles. The van der Waals surface area contributed by atoms with Gasteiger partial charge in [0.2, 0.25) is 0 Å². The van der Waals surface area contributed by atoms with Crippen LogP contribution in [0.15, 0.2) is 0 Å². The number of rotatable bonds is 2. The summed E-state index contributed by atoms with van der Waals surface area (Å²) in [4.78, 5) is 9.54. The Kier molecular flexibility index (Phi) is 21.7. The van der Waals surface area contributed by atoms with Crippen molar-refractivity contribution in [3.05, 3.63) is 0 Å². The summed E-state index contributed by atoms with van der Waals surface area (Å²) in [6.45, 7) is 0.0417. The minimum atomic E-state index is -0.822. The largest absolute Gasteiger partial charge is 1.00 e. The molecule has 0 aromatic rings. The third-order valence-corrected chi connectivity index (χ3v) is 0.328. The molecule has 0 spiro atoms. The van der Waals surface area contributed by atoms with Crippen molar-refractivity contribution in [2.45, 2.75) is 0 Å². The first-order valence-electron chi connectivity index (χ1n) is 1.63. The van der Waals surface area contributed by atoms with Crippen molar-refractivity contribution in [3.63, 3.8) is 0 Å². The maximum atomic E-state index is 9.54. The molecule has 46 valence electrons. The first kappa shape index (κ1) is 16.0. The van der Waals surface area contributed by atoms with E-state index >= 15 is 0 Å². The van der Waals surface area contributed by atoms with Gasteiger partial charge in [0.1, 0.15) is 0 Å². The zero-order valence-electron chi connectivity index (χ0n) is 5.92. The normalized spacial score (nSPS) is 6.12. The minimum Gasteiger partial charge on any atom is -1.00 e. The average Bonchev–Trinajstić information content (AvgIpc) is 1.35. The molecule has 0 fully saturated rings. The molecule has 0 aromatic heterocycles. The molecule has 3 nitrogen and oxygen atoms in total. The number of carbonyl (C=O) groups is 1. The monoisotopic (exact) mass is 169 g/mol. The van der Waals surface area contributed by atoms with E-state index in [1.807, 2.05) is 0 Å². The van der Waals surface area contributed by atoms with Gasteiger partial charge >= 0.3 is 35.5 Å². The molecule has 0 heterocycles. The van der Waals surface area contributed by atoms with Crippen LogP contribution in [0.5, 0.6) is 0 Å². The molecule has 0 amide bonds. The smallest absolute Gasteiger partial charge is 1.00 e. The maximum Gasteiger partial charge on any atom is 1.00 e. The predicted molar refractivity (Wildman–Crippen MR) is 22.7 cm³/mol. The Bertz CT molecular complexity index is 65.8. The molecule has 0 bridgehead atoms. The molecule has 0 aromatic carbocycles. The van der Waals surface area contributed by atoms with Gasteiger partial charge in [-0.05, 0) is 7.05 Å². The summed E-state index contributed by atoms with van der Waals surface area (Å²) < 4.78 is 0. The Morgan fingerprint density at radius 2 is 2.25 bits per heavy atom. The number of hydrogen-bond acceptors (Lipinski definition) is 2. The number of carboxylic acids is 1. The summed E-state index contributed by atoms with van der Waals surface area (Å²) in [6.07, 6.45) is 0. The number of likely N-dealkylation sites (N-methyl/N-ethyl adjacent to an activating group) is 1. The van der Waals surface area contributed by atoms with Gasteiger partial charge in [-0.3, -0.25) is 4.79 Å². The van der Waals surface area contributed by atoms with Crippen LogP contribution in [0.4, 0.5) is 0 Å². The zero-order chi connectivity index (χ0) is 4.99. The minimum absolute atomic E-state index is 0. The van der Waals surface area contributed by atoms with Gasteiger partial charge in [-0.2, -0.15) is 0 Å². The van der Waals surface area contributed by atoms with Crippen LogP contribution in [0.2, 0.25) is 0 Å². The molecule has 0 rings (SSSR count). The molecule has 5 heteroatoms. The van der Waals surface area contributed by atoms with Gasteiger partial charge in [-0.1, -0.05) is 0 Å². The van der Waals surface area contributed by atoms with Crippen molar-refractivity contribution in [1.82, 2.24) is 5.32 Å². The fourth-order valence-corrected chi connectivity index (χ4v) is 0.151. The predicted octanol–water partition coefficient (Wildman–Crippen LogP) is -3.60. The second kappa shape index (κ2) is 10.8. The van der Waals surface area contributed by atoms with Crippen molar-refractivity contribution < 1.29 is 58.0 Å². The van der Waals surface area contributed by atoms with Crippen LogP contribution < -0.4 is 34.9 Å². The summed E-state index contributed by atoms with van der Waals surface area (Å²) >= 11 is 0. The number of hydrogen-bond donors (Lipinski definition) is 2. The molecule has 0 aliphatic rings. The average molecular weight is 169 g/mol. The van der Waals surface area contributed by atoms with Crippen molar-refractivity contribution >= 4 is 5.97 Å². The molecule has 0 aliphatic carbocycles. The molecule has 0 saturated carbocycles. The van der Waals surface area contributed by atoms with E-state index in [4.69, 9.17) is 5.11 Å². The molecular weight excluding hydrogens is 161 g/mol. The summed E-state index contributed by atoms with van der Waals surface area (Å²) in [5.41, 5.74) is 0. The van der Waals surface area contributed by atoms with Crippen molar-refractivity contribution in [3.8, 4) is 0 Å². The van der Waals surface area contributed by atoms with Gasteiger partial charge in [0.05, 0.1) is 6.54 Å². The van der Waals surface area contributed by atoms with Gasteiger partial charge < -0.3 is 11.8 Å². The summed E-state index contributed by atoms with van der Waals surface area (Å²) in [5, 5.41) is 10.3. The van der Waals surface area contributed by atoms with E-state index in [-0.39, 0.29) is 54.6 Å². The summed E-state index contributed by atoms with van der Waals surface area (Å²) in [6, 6.07) is 0. The van der Waals surface area contributed by atoms with Crippen LogP contribution in [-0.2, 0) is 21.9 Å². The molecular formula is C3H8FeNNaO2. The first-order valence-corrected chi connectivity index (χ1v) is 1.63. The van der Waals surface area contributed by atoms with Gasteiger partial charge in [0.25, 0.3) is 0 Å². The van der Waals surface area contributed by atoms with E-state index in [1.54, 1.807) is 7.05 Å².